The van der Waals surface area contributed by atoms with Crippen LogP contribution in [0.5, 0.6) is 0 Å². The number of benzene rings is 1. The standard InChI is InChI=1S/C17H23NO4/c1-16(2,3)17(14(19)20)10-7-11-18(17)15(21)22-12-13-8-5-4-6-9-13/h4-6,8-9H,7,10-12H2,1-3H3,(H,19,20)/t17-/m1/s1. The molecule has 1 saturated heterocycles. The highest BCUT2D eigenvalue weighted by molar-refractivity contribution is 5.86. The molecule has 1 aromatic carbocycles. The van der Waals surface area contributed by atoms with Crippen LogP contribution in [0.1, 0.15) is 39.2 Å². The average molecular weight is 305 g/mol. The van der Waals surface area contributed by atoms with Gasteiger partial charge in [0.1, 0.15) is 12.1 Å². The molecule has 0 aromatic heterocycles. The Kier molecular flexibility index (Phi) is 4.44. The molecule has 1 N–H and O–H groups in total. The van der Waals surface area contributed by atoms with Crippen LogP contribution >= 0.6 is 0 Å². The molecule has 22 heavy (non-hydrogen) atoms. The van der Waals surface area contributed by atoms with Gasteiger partial charge in [-0.05, 0) is 23.8 Å². The van der Waals surface area contributed by atoms with Gasteiger partial charge in [0.2, 0.25) is 0 Å². The van der Waals surface area contributed by atoms with Crippen molar-refractivity contribution >= 4 is 12.1 Å². The van der Waals surface area contributed by atoms with Gasteiger partial charge in [-0.1, -0.05) is 51.1 Å². The van der Waals surface area contributed by atoms with Crippen LogP contribution in [0.2, 0.25) is 0 Å². The number of rotatable bonds is 3. The van der Waals surface area contributed by atoms with Gasteiger partial charge in [0, 0.05) is 6.54 Å². The molecular weight excluding hydrogens is 282 g/mol. The molecule has 0 radical (unpaired) electrons. The van der Waals surface area contributed by atoms with Crippen LogP contribution in [-0.4, -0.2) is 34.2 Å². The summed E-state index contributed by atoms with van der Waals surface area (Å²) in [7, 11) is 0. The number of hydrogen-bond donors (Lipinski definition) is 1. The molecule has 0 spiro atoms. The number of amides is 1. The molecule has 2 rings (SSSR count). The smallest absolute Gasteiger partial charge is 0.411 e. The fourth-order valence-electron chi connectivity index (χ4n) is 3.19. The normalized spacial score (nSPS) is 21.7. The van der Waals surface area contributed by atoms with Crippen LogP contribution in [0.15, 0.2) is 30.3 Å². The van der Waals surface area contributed by atoms with E-state index in [1.54, 1.807) is 0 Å². The van der Waals surface area contributed by atoms with Gasteiger partial charge < -0.3 is 9.84 Å². The average Bonchev–Trinajstić information content (AvgIpc) is 2.91. The predicted octanol–water partition coefficient (Wildman–Crippen LogP) is 3.29. The van der Waals surface area contributed by atoms with Crippen molar-refractivity contribution in [1.29, 1.82) is 0 Å². The number of ether oxygens (including phenoxy) is 1. The van der Waals surface area contributed by atoms with Crippen molar-refractivity contribution in [2.45, 2.75) is 45.8 Å². The molecule has 5 nitrogen and oxygen atoms in total. The maximum atomic E-state index is 12.4. The maximum absolute atomic E-state index is 12.4. The van der Waals surface area contributed by atoms with Crippen molar-refractivity contribution in [2.24, 2.45) is 5.41 Å². The van der Waals surface area contributed by atoms with Crippen molar-refractivity contribution in [2.75, 3.05) is 6.54 Å². The van der Waals surface area contributed by atoms with Gasteiger partial charge in [0.15, 0.2) is 0 Å². The molecule has 120 valence electrons. The van der Waals surface area contributed by atoms with Crippen LogP contribution in [0, 0.1) is 5.41 Å². The lowest BCUT2D eigenvalue weighted by Crippen LogP contribution is -2.60. The van der Waals surface area contributed by atoms with Crippen molar-refractivity contribution in [3.8, 4) is 0 Å². The van der Waals surface area contributed by atoms with Crippen molar-refractivity contribution < 1.29 is 19.4 Å². The topological polar surface area (TPSA) is 66.8 Å². The summed E-state index contributed by atoms with van der Waals surface area (Å²) in [6.45, 7) is 6.12. The zero-order valence-electron chi connectivity index (χ0n) is 13.3. The Balaban J connectivity index is 2.15. The van der Waals surface area contributed by atoms with Crippen molar-refractivity contribution in [3.63, 3.8) is 0 Å². The summed E-state index contributed by atoms with van der Waals surface area (Å²) in [6, 6.07) is 9.36. The Morgan fingerprint density at radius 2 is 1.91 bits per heavy atom. The lowest BCUT2D eigenvalue weighted by molar-refractivity contribution is -0.156. The van der Waals surface area contributed by atoms with E-state index < -0.39 is 23.0 Å². The minimum absolute atomic E-state index is 0.149. The third-order valence-electron chi connectivity index (χ3n) is 4.40. The first-order valence-corrected chi connectivity index (χ1v) is 7.51. The zero-order chi connectivity index (χ0) is 16.4. The Bertz CT molecular complexity index is 550. The SMILES string of the molecule is CC(C)(C)[C@]1(C(=O)O)CCCN1C(=O)OCc1ccccc1. The molecule has 1 fully saturated rings. The predicted molar refractivity (Wildman–Crippen MR) is 82.4 cm³/mol. The minimum Gasteiger partial charge on any atom is -0.479 e. The minimum atomic E-state index is -1.21. The second kappa shape index (κ2) is 5.99. The summed E-state index contributed by atoms with van der Waals surface area (Å²) < 4.78 is 5.34. The summed E-state index contributed by atoms with van der Waals surface area (Å²) in [5.74, 6) is -0.964. The molecule has 5 heteroatoms. The van der Waals surface area contributed by atoms with Gasteiger partial charge >= 0.3 is 12.1 Å². The van der Waals surface area contributed by atoms with Gasteiger partial charge in [-0.25, -0.2) is 9.59 Å². The fraction of sp³-hybridized carbons (Fsp3) is 0.529. The first-order chi connectivity index (χ1) is 10.3. The number of hydrogen-bond acceptors (Lipinski definition) is 3. The lowest BCUT2D eigenvalue weighted by Gasteiger charge is -2.43. The molecule has 0 unspecified atom stereocenters. The first kappa shape index (κ1) is 16.3. The van der Waals surface area contributed by atoms with E-state index in [2.05, 4.69) is 0 Å². The Hall–Kier alpha value is -2.04. The number of aliphatic carboxylic acids is 1. The molecular formula is C17H23NO4. The van der Waals surface area contributed by atoms with E-state index in [9.17, 15) is 14.7 Å². The second-order valence-corrected chi connectivity index (χ2v) is 6.71. The summed E-state index contributed by atoms with van der Waals surface area (Å²) in [4.78, 5) is 25.7. The Morgan fingerprint density at radius 1 is 1.27 bits per heavy atom. The summed E-state index contributed by atoms with van der Waals surface area (Å²) in [5, 5.41) is 9.75. The number of nitrogens with zero attached hydrogens (tertiary/aromatic N) is 1. The molecule has 0 bridgehead atoms. The van der Waals surface area contributed by atoms with Gasteiger partial charge in [-0.2, -0.15) is 0 Å². The number of carboxylic acids is 1. The van der Waals surface area contributed by atoms with Gasteiger partial charge in [-0.3, -0.25) is 4.90 Å². The van der Waals surface area contributed by atoms with E-state index in [4.69, 9.17) is 4.74 Å². The number of carboxylic acid groups (broad SMARTS) is 1. The van der Waals surface area contributed by atoms with E-state index >= 15 is 0 Å². The molecule has 1 aromatic rings. The molecule has 0 saturated carbocycles. The highest BCUT2D eigenvalue weighted by Gasteiger charge is 2.58. The zero-order valence-corrected chi connectivity index (χ0v) is 13.3. The summed E-state index contributed by atoms with van der Waals surface area (Å²) in [5.41, 5.74) is -0.895. The lowest BCUT2D eigenvalue weighted by atomic mass is 9.72. The van der Waals surface area contributed by atoms with Gasteiger partial charge in [0.25, 0.3) is 0 Å². The maximum Gasteiger partial charge on any atom is 0.411 e. The van der Waals surface area contributed by atoms with E-state index in [-0.39, 0.29) is 6.61 Å². The van der Waals surface area contributed by atoms with Gasteiger partial charge in [-0.15, -0.1) is 0 Å². The summed E-state index contributed by atoms with van der Waals surface area (Å²) >= 11 is 0. The molecule has 1 aliphatic heterocycles. The van der Waals surface area contributed by atoms with Crippen LogP contribution in [0.25, 0.3) is 0 Å². The monoisotopic (exact) mass is 305 g/mol. The molecule has 1 amide bonds. The largest absolute Gasteiger partial charge is 0.479 e. The van der Waals surface area contributed by atoms with Crippen LogP contribution in [0.3, 0.4) is 0 Å². The van der Waals surface area contributed by atoms with E-state index in [1.165, 1.54) is 4.90 Å². The molecule has 0 aliphatic carbocycles. The Morgan fingerprint density at radius 3 is 2.45 bits per heavy atom. The molecule has 1 atom stereocenters. The van der Waals surface area contributed by atoms with E-state index in [0.29, 0.717) is 19.4 Å². The molecule has 1 heterocycles. The third-order valence-corrected chi connectivity index (χ3v) is 4.40. The molecule has 1 aliphatic rings. The highest BCUT2D eigenvalue weighted by Crippen LogP contribution is 2.44. The van der Waals surface area contributed by atoms with Crippen LogP contribution in [0.4, 0.5) is 4.79 Å². The Labute approximate surface area is 130 Å². The van der Waals surface area contributed by atoms with Crippen LogP contribution in [-0.2, 0) is 16.1 Å². The number of carbonyl (C=O) groups is 2. The first-order valence-electron chi connectivity index (χ1n) is 7.51. The summed E-state index contributed by atoms with van der Waals surface area (Å²) in [6.07, 6.45) is 0.565. The third kappa shape index (κ3) is 2.80. The van der Waals surface area contributed by atoms with Crippen molar-refractivity contribution in [3.05, 3.63) is 35.9 Å². The van der Waals surface area contributed by atoms with Crippen LogP contribution < -0.4 is 0 Å². The van der Waals surface area contributed by atoms with E-state index in [1.807, 2.05) is 51.1 Å². The van der Waals surface area contributed by atoms with E-state index in [0.717, 1.165) is 5.56 Å². The fourth-order valence-corrected chi connectivity index (χ4v) is 3.19. The second-order valence-electron chi connectivity index (χ2n) is 6.71. The number of likely N-dealkylation sites (tertiary alicyclic amines) is 1. The van der Waals surface area contributed by atoms with Gasteiger partial charge in [0.05, 0.1) is 0 Å². The number of carbonyl (C=O) groups excluding carboxylic acids is 1. The quantitative estimate of drug-likeness (QED) is 0.930. The van der Waals surface area contributed by atoms with Crippen molar-refractivity contribution in [1.82, 2.24) is 4.90 Å². The highest BCUT2D eigenvalue weighted by atomic mass is 16.6.